The van der Waals surface area contributed by atoms with Gasteiger partial charge >= 0.3 is 0 Å². The molecule has 1 fully saturated rings. The van der Waals surface area contributed by atoms with Crippen LogP contribution >= 0.6 is 12.4 Å². The van der Waals surface area contributed by atoms with Crippen LogP contribution in [0.4, 0.5) is 0 Å². The van der Waals surface area contributed by atoms with Gasteiger partial charge in [0.15, 0.2) is 14.6 Å². The summed E-state index contributed by atoms with van der Waals surface area (Å²) in [4.78, 5) is 12.7. The fourth-order valence-corrected chi connectivity index (χ4v) is 4.63. The summed E-state index contributed by atoms with van der Waals surface area (Å²) >= 11 is 0. The molecule has 1 atom stereocenters. The number of carbonyl (C=O) groups excluding carboxylic acids is 1. The lowest BCUT2D eigenvalue weighted by Gasteiger charge is -2.34. The van der Waals surface area contributed by atoms with Gasteiger partial charge in [-0.05, 0) is 42.5 Å². The molecule has 0 aliphatic carbocycles. The third-order valence-corrected chi connectivity index (χ3v) is 7.17. The molecule has 1 aliphatic heterocycles. The fourth-order valence-electron chi connectivity index (χ4n) is 3.27. The van der Waals surface area contributed by atoms with E-state index in [4.69, 9.17) is 0 Å². The van der Waals surface area contributed by atoms with Gasteiger partial charge in [-0.3, -0.25) is 4.79 Å². The molecule has 1 amide bonds. The number of rotatable bonds is 5. The predicted molar refractivity (Wildman–Crippen MR) is 110 cm³/mol. The number of nitrogens with one attached hydrogen (secondary N) is 2. The number of amides is 1. The standard InChI is InChI=1S/C19H30N2O4S.ClH/c1-18(2,3)15-7-5-14(6-8-15)16(22)13-21-17(23)19(26(4,24)25)9-11-20-12-10-19;/h5-8,16,20,22H,9-13H2,1-4H3,(H,21,23);1H. The van der Waals surface area contributed by atoms with Gasteiger partial charge in [0, 0.05) is 12.8 Å². The number of hydrogen-bond donors (Lipinski definition) is 3. The highest BCUT2D eigenvalue weighted by atomic mass is 35.5. The van der Waals surface area contributed by atoms with Crippen LogP contribution in [0, 0.1) is 0 Å². The van der Waals surface area contributed by atoms with Crippen LogP contribution in [0.1, 0.15) is 50.8 Å². The molecule has 1 unspecified atom stereocenters. The summed E-state index contributed by atoms with van der Waals surface area (Å²) in [5, 5.41) is 16.1. The van der Waals surface area contributed by atoms with E-state index in [9.17, 15) is 18.3 Å². The van der Waals surface area contributed by atoms with Crippen molar-refractivity contribution >= 4 is 28.2 Å². The Balaban J connectivity index is 0.00000364. The SMILES string of the molecule is CC(C)(C)c1ccc(C(O)CNC(=O)C2(S(C)(=O)=O)CCNCC2)cc1.Cl. The van der Waals surface area contributed by atoms with E-state index in [-0.39, 0.29) is 37.2 Å². The maximum absolute atomic E-state index is 12.7. The second kappa shape index (κ2) is 8.90. The Hall–Kier alpha value is -1.15. The van der Waals surface area contributed by atoms with Gasteiger partial charge in [-0.2, -0.15) is 0 Å². The third-order valence-electron chi connectivity index (χ3n) is 5.15. The molecular weight excluding hydrogens is 388 g/mol. The summed E-state index contributed by atoms with van der Waals surface area (Å²) in [7, 11) is -3.55. The van der Waals surface area contributed by atoms with Gasteiger partial charge in [0.2, 0.25) is 5.91 Å². The van der Waals surface area contributed by atoms with E-state index in [1.54, 1.807) is 0 Å². The molecule has 27 heavy (non-hydrogen) atoms. The topological polar surface area (TPSA) is 95.5 Å². The van der Waals surface area contributed by atoms with E-state index < -0.39 is 26.6 Å². The van der Waals surface area contributed by atoms with Crippen LogP contribution in [0.2, 0.25) is 0 Å². The van der Waals surface area contributed by atoms with Crippen LogP contribution in [-0.4, -0.2) is 50.1 Å². The molecule has 154 valence electrons. The molecule has 6 nitrogen and oxygen atoms in total. The predicted octanol–water partition coefficient (Wildman–Crippen LogP) is 1.72. The first-order chi connectivity index (χ1) is 12.0. The number of aliphatic hydroxyl groups is 1. The highest BCUT2D eigenvalue weighted by Gasteiger charge is 2.48. The first-order valence-electron chi connectivity index (χ1n) is 8.94. The molecule has 0 saturated carbocycles. The molecule has 0 aromatic heterocycles. The van der Waals surface area contributed by atoms with Gasteiger partial charge in [0.25, 0.3) is 0 Å². The Morgan fingerprint density at radius 1 is 1.22 bits per heavy atom. The lowest BCUT2D eigenvalue weighted by molar-refractivity contribution is -0.124. The van der Waals surface area contributed by atoms with Crippen molar-refractivity contribution in [3.8, 4) is 0 Å². The minimum Gasteiger partial charge on any atom is -0.387 e. The number of hydrogen-bond acceptors (Lipinski definition) is 5. The number of sulfone groups is 1. The zero-order valence-electron chi connectivity index (χ0n) is 16.4. The molecule has 3 N–H and O–H groups in total. The van der Waals surface area contributed by atoms with E-state index in [0.29, 0.717) is 18.7 Å². The third kappa shape index (κ3) is 5.44. The number of halogens is 1. The van der Waals surface area contributed by atoms with Crippen molar-refractivity contribution in [2.24, 2.45) is 0 Å². The summed E-state index contributed by atoms with van der Waals surface area (Å²) in [6, 6.07) is 7.61. The van der Waals surface area contributed by atoms with Crippen LogP contribution in [0.3, 0.4) is 0 Å². The Labute approximate surface area is 168 Å². The first kappa shape index (κ1) is 23.9. The highest BCUT2D eigenvalue weighted by molar-refractivity contribution is 7.92. The maximum atomic E-state index is 12.7. The van der Waals surface area contributed by atoms with E-state index in [1.807, 2.05) is 24.3 Å². The van der Waals surface area contributed by atoms with Gasteiger partial charge in [-0.1, -0.05) is 45.0 Å². The summed E-state index contributed by atoms with van der Waals surface area (Å²) in [6.45, 7) is 7.29. The van der Waals surface area contributed by atoms with Crippen LogP contribution in [0.25, 0.3) is 0 Å². The monoisotopic (exact) mass is 418 g/mol. The molecule has 1 saturated heterocycles. The molecule has 8 heteroatoms. The normalized spacial score (nSPS) is 18.3. The van der Waals surface area contributed by atoms with Crippen molar-refractivity contribution in [1.82, 2.24) is 10.6 Å². The Morgan fingerprint density at radius 3 is 2.19 bits per heavy atom. The van der Waals surface area contributed by atoms with Crippen molar-refractivity contribution in [3.05, 3.63) is 35.4 Å². The van der Waals surface area contributed by atoms with Crippen molar-refractivity contribution in [1.29, 1.82) is 0 Å². The van der Waals surface area contributed by atoms with Crippen LogP contribution in [0.15, 0.2) is 24.3 Å². The summed E-state index contributed by atoms with van der Waals surface area (Å²) < 4.78 is 23.1. The molecule has 0 bridgehead atoms. The lowest BCUT2D eigenvalue weighted by Crippen LogP contribution is -2.57. The van der Waals surface area contributed by atoms with Gasteiger partial charge in [0.05, 0.1) is 6.10 Å². The molecular formula is C19H31ClN2O4S. The largest absolute Gasteiger partial charge is 0.387 e. The van der Waals surface area contributed by atoms with E-state index in [0.717, 1.165) is 11.8 Å². The van der Waals surface area contributed by atoms with Crippen molar-refractivity contribution in [3.63, 3.8) is 0 Å². The summed E-state index contributed by atoms with van der Waals surface area (Å²) in [6.07, 6.45) is 0.716. The van der Waals surface area contributed by atoms with Crippen molar-refractivity contribution < 1.29 is 18.3 Å². The lowest BCUT2D eigenvalue weighted by atomic mass is 9.86. The smallest absolute Gasteiger partial charge is 0.241 e. The van der Waals surface area contributed by atoms with Gasteiger partial charge in [0.1, 0.15) is 0 Å². The molecule has 0 radical (unpaired) electrons. The van der Waals surface area contributed by atoms with Crippen molar-refractivity contribution in [2.45, 2.75) is 49.9 Å². The van der Waals surface area contributed by atoms with E-state index in [1.165, 1.54) is 0 Å². The average molecular weight is 419 g/mol. The molecule has 0 spiro atoms. The second-order valence-electron chi connectivity index (χ2n) is 8.11. The number of benzene rings is 1. The number of carbonyl (C=O) groups is 1. The second-order valence-corrected chi connectivity index (χ2v) is 10.4. The number of aliphatic hydroxyl groups excluding tert-OH is 1. The quantitative estimate of drug-likeness (QED) is 0.676. The highest BCUT2D eigenvalue weighted by Crippen LogP contribution is 2.28. The fraction of sp³-hybridized carbons (Fsp3) is 0.632. The van der Waals surface area contributed by atoms with Crippen molar-refractivity contribution in [2.75, 3.05) is 25.9 Å². The zero-order valence-corrected chi connectivity index (χ0v) is 18.0. The minimum atomic E-state index is -3.55. The van der Waals surface area contributed by atoms with Crippen LogP contribution in [0.5, 0.6) is 0 Å². The van der Waals surface area contributed by atoms with E-state index >= 15 is 0 Å². The minimum absolute atomic E-state index is 0. The zero-order chi connectivity index (χ0) is 19.6. The average Bonchev–Trinajstić information content (AvgIpc) is 2.58. The van der Waals surface area contributed by atoms with E-state index in [2.05, 4.69) is 31.4 Å². The van der Waals surface area contributed by atoms with Gasteiger partial charge < -0.3 is 15.7 Å². The molecule has 1 aliphatic rings. The molecule has 1 heterocycles. The van der Waals surface area contributed by atoms with Crippen LogP contribution in [-0.2, 0) is 20.0 Å². The summed E-state index contributed by atoms with van der Waals surface area (Å²) in [5.74, 6) is -0.521. The first-order valence-corrected chi connectivity index (χ1v) is 10.8. The Bertz CT molecular complexity index is 736. The Kier molecular flexibility index (Phi) is 7.88. The van der Waals surface area contributed by atoms with Gasteiger partial charge in [-0.25, -0.2) is 8.42 Å². The molecule has 1 aromatic rings. The molecule has 2 rings (SSSR count). The summed E-state index contributed by atoms with van der Waals surface area (Å²) in [5.41, 5.74) is 1.87. The maximum Gasteiger partial charge on any atom is 0.241 e. The van der Waals surface area contributed by atoms with Crippen LogP contribution < -0.4 is 10.6 Å². The Morgan fingerprint density at radius 2 is 1.74 bits per heavy atom. The molecule has 1 aromatic carbocycles. The number of piperidine rings is 1. The van der Waals surface area contributed by atoms with Gasteiger partial charge in [-0.15, -0.1) is 12.4 Å².